The third-order valence-corrected chi connectivity index (χ3v) is 2.22. The summed E-state index contributed by atoms with van der Waals surface area (Å²) in [6.07, 6.45) is 1.55. The van der Waals surface area contributed by atoms with Gasteiger partial charge in [0.1, 0.15) is 6.54 Å². The van der Waals surface area contributed by atoms with Gasteiger partial charge < -0.3 is 25.4 Å². The average Bonchev–Trinajstić information content (AvgIpc) is 2.38. The number of hydrogen-bond donors (Lipinski definition) is 3. The Labute approximate surface area is 117 Å². The SMILES string of the molecule is C=CCN(CC(=O)O)C(=O)NCCC(=O)NCCOC. The van der Waals surface area contributed by atoms with Crippen LogP contribution in [0.25, 0.3) is 0 Å². The zero-order valence-electron chi connectivity index (χ0n) is 11.6. The Hall–Kier alpha value is -2.09. The molecule has 114 valence electrons. The van der Waals surface area contributed by atoms with Crippen LogP contribution in [0.3, 0.4) is 0 Å². The number of nitrogens with zero attached hydrogens (tertiary/aromatic N) is 1. The van der Waals surface area contributed by atoms with Crippen LogP contribution in [0.2, 0.25) is 0 Å². The van der Waals surface area contributed by atoms with Gasteiger partial charge in [-0.2, -0.15) is 0 Å². The molecule has 3 N–H and O–H groups in total. The van der Waals surface area contributed by atoms with Crippen LogP contribution in [0.15, 0.2) is 12.7 Å². The largest absolute Gasteiger partial charge is 0.480 e. The Morgan fingerprint density at radius 1 is 1.30 bits per heavy atom. The van der Waals surface area contributed by atoms with Gasteiger partial charge in [0.15, 0.2) is 0 Å². The number of ether oxygens (including phenoxy) is 1. The highest BCUT2D eigenvalue weighted by Crippen LogP contribution is 1.91. The molecule has 0 aliphatic heterocycles. The van der Waals surface area contributed by atoms with Crippen molar-refractivity contribution in [1.29, 1.82) is 0 Å². The molecule has 0 bridgehead atoms. The predicted octanol–water partition coefficient (Wildman–Crippen LogP) is -0.579. The molecule has 0 aromatic rings. The number of amides is 3. The number of carboxylic acids is 1. The average molecular weight is 287 g/mol. The summed E-state index contributed by atoms with van der Waals surface area (Å²) in [7, 11) is 1.53. The van der Waals surface area contributed by atoms with Crippen LogP contribution in [0, 0.1) is 0 Å². The minimum absolute atomic E-state index is 0.116. The van der Waals surface area contributed by atoms with Crippen molar-refractivity contribution in [2.24, 2.45) is 0 Å². The van der Waals surface area contributed by atoms with E-state index < -0.39 is 18.5 Å². The van der Waals surface area contributed by atoms with E-state index in [2.05, 4.69) is 17.2 Å². The van der Waals surface area contributed by atoms with Gasteiger partial charge in [-0.1, -0.05) is 6.08 Å². The summed E-state index contributed by atoms with van der Waals surface area (Å²) in [6, 6.07) is -0.544. The zero-order chi connectivity index (χ0) is 15.4. The Balaban J connectivity index is 3.96. The standard InChI is InChI=1S/C12H21N3O5/c1-3-7-15(9-11(17)18)12(19)14-5-4-10(16)13-6-8-20-2/h3H,1,4-9H2,2H3,(H,13,16)(H,14,19)(H,17,18). The molecule has 0 fully saturated rings. The maximum absolute atomic E-state index is 11.7. The van der Waals surface area contributed by atoms with E-state index in [9.17, 15) is 14.4 Å². The lowest BCUT2D eigenvalue weighted by Gasteiger charge is -2.19. The number of carbonyl (C=O) groups is 3. The van der Waals surface area contributed by atoms with E-state index >= 15 is 0 Å². The van der Waals surface area contributed by atoms with Crippen molar-refractivity contribution in [3.05, 3.63) is 12.7 Å². The van der Waals surface area contributed by atoms with Crippen LogP contribution in [-0.4, -0.2) is 67.8 Å². The Morgan fingerprint density at radius 3 is 2.55 bits per heavy atom. The molecule has 8 nitrogen and oxygen atoms in total. The predicted molar refractivity (Wildman–Crippen MR) is 72.3 cm³/mol. The first kappa shape index (κ1) is 17.9. The second-order valence-electron chi connectivity index (χ2n) is 3.89. The molecule has 0 spiro atoms. The Kier molecular flexibility index (Phi) is 9.67. The molecule has 0 rings (SSSR count). The van der Waals surface area contributed by atoms with E-state index in [0.717, 1.165) is 4.90 Å². The smallest absolute Gasteiger partial charge is 0.323 e. The summed E-state index contributed by atoms with van der Waals surface area (Å²) in [4.78, 5) is 34.7. The Morgan fingerprint density at radius 2 is 2.00 bits per heavy atom. The summed E-state index contributed by atoms with van der Waals surface area (Å²) in [6.45, 7) is 4.11. The first-order valence-corrected chi connectivity index (χ1v) is 6.12. The maximum atomic E-state index is 11.7. The van der Waals surface area contributed by atoms with Gasteiger partial charge >= 0.3 is 12.0 Å². The summed E-state index contributed by atoms with van der Waals surface area (Å²) < 4.78 is 4.77. The molecular formula is C12H21N3O5. The van der Waals surface area contributed by atoms with E-state index in [1.54, 1.807) is 0 Å². The molecule has 20 heavy (non-hydrogen) atoms. The molecule has 0 saturated heterocycles. The third kappa shape index (κ3) is 8.92. The van der Waals surface area contributed by atoms with Crippen LogP contribution in [0.4, 0.5) is 4.79 Å². The minimum atomic E-state index is -1.11. The fourth-order valence-electron chi connectivity index (χ4n) is 1.31. The molecule has 3 amide bonds. The number of carboxylic acid groups (broad SMARTS) is 1. The van der Waals surface area contributed by atoms with Crippen molar-refractivity contribution in [2.45, 2.75) is 6.42 Å². The van der Waals surface area contributed by atoms with E-state index in [1.807, 2.05) is 0 Å². The van der Waals surface area contributed by atoms with Gasteiger partial charge in [-0.15, -0.1) is 6.58 Å². The van der Waals surface area contributed by atoms with Crippen molar-refractivity contribution in [1.82, 2.24) is 15.5 Å². The fourth-order valence-corrected chi connectivity index (χ4v) is 1.31. The number of carbonyl (C=O) groups excluding carboxylic acids is 2. The highest BCUT2D eigenvalue weighted by Gasteiger charge is 2.14. The molecule has 0 unspecified atom stereocenters. The molecule has 8 heteroatoms. The minimum Gasteiger partial charge on any atom is -0.480 e. The second kappa shape index (κ2) is 10.8. The number of methoxy groups -OCH3 is 1. The van der Waals surface area contributed by atoms with E-state index in [-0.39, 0.29) is 25.4 Å². The number of aliphatic carboxylic acids is 1. The number of urea groups is 1. The lowest BCUT2D eigenvalue weighted by Crippen LogP contribution is -2.43. The number of hydrogen-bond acceptors (Lipinski definition) is 4. The molecule has 0 aromatic carbocycles. The van der Waals surface area contributed by atoms with Gasteiger partial charge in [-0.05, 0) is 0 Å². The molecule has 0 heterocycles. The topological polar surface area (TPSA) is 108 Å². The Bertz CT molecular complexity index is 346. The van der Waals surface area contributed by atoms with Crippen molar-refractivity contribution in [2.75, 3.05) is 39.9 Å². The number of nitrogens with one attached hydrogen (secondary N) is 2. The van der Waals surface area contributed by atoms with Crippen molar-refractivity contribution in [3.63, 3.8) is 0 Å². The lowest BCUT2D eigenvalue weighted by molar-refractivity contribution is -0.137. The third-order valence-electron chi connectivity index (χ3n) is 2.22. The normalized spacial score (nSPS) is 9.65. The molecule has 0 aromatic heterocycles. The van der Waals surface area contributed by atoms with Crippen LogP contribution < -0.4 is 10.6 Å². The van der Waals surface area contributed by atoms with E-state index in [4.69, 9.17) is 9.84 Å². The van der Waals surface area contributed by atoms with Gasteiger partial charge in [-0.25, -0.2) is 4.79 Å². The van der Waals surface area contributed by atoms with Crippen molar-refractivity contribution in [3.8, 4) is 0 Å². The van der Waals surface area contributed by atoms with Crippen molar-refractivity contribution < 1.29 is 24.2 Å². The highest BCUT2D eigenvalue weighted by molar-refractivity contribution is 5.81. The summed E-state index contributed by atoms with van der Waals surface area (Å²) in [5.74, 6) is -1.32. The lowest BCUT2D eigenvalue weighted by atomic mass is 10.4. The van der Waals surface area contributed by atoms with Crippen molar-refractivity contribution >= 4 is 17.9 Å². The van der Waals surface area contributed by atoms with Crippen LogP contribution in [0.5, 0.6) is 0 Å². The summed E-state index contributed by atoms with van der Waals surface area (Å²) in [5.41, 5.74) is 0. The zero-order valence-corrected chi connectivity index (χ0v) is 11.6. The highest BCUT2D eigenvalue weighted by atomic mass is 16.5. The first-order chi connectivity index (χ1) is 9.51. The molecule has 0 aliphatic carbocycles. The van der Waals surface area contributed by atoms with Crippen LogP contribution >= 0.6 is 0 Å². The van der Waals surface area contributed by atoms with Gasteiger partial charge in [0, 0.05) is 33.2 Å². The first-order valence-electron chi connectivity index (χ1n) is 6.12. The molecule has 0 atom stereocenters. The van der Waals surface area contributed by atoms with Gasteiger partial charge in [-0.3, -0.25) is 9.59 Å². The van der Waals surface area contributed by atoms with E-state index in [1.165, 1.54) is 13.2 Å². The van der Waals surface area contributed by atoms with Crippen LogP contribution in [0.1, 0.15) is 6.42 Å². The molecular weight excluding hydrogens is 266 g/mol. The van der Waals surface area contributed by atoms with Gasteiger partial charge in [0.05, 0.1) is 6.61 Å². The number of rotatable bonds is 10. The second-order valence-corrected chi connectivity index (χ2v) is 3.89. The maximum Gasteiger partial charge on any atom is 0.323 e. The quantitative estimate of drug-likeness (QED) is 0.368. The molecule has 0 saturated carbocycles. The van der Waals surface area contributed by atoms with Gasteiger partial charge in [0.2, 0.25) is 5.91 Å². The van der Waals surface area contributed by atoms with Crippen LogP contribution in [-0.2, 0) is 14.3 Å². The summed E-state index contributed by atoms with van der Waals surface area (Å²) in [5, 5.41) is 13.7. The summed E-state index contributed by atoms with van der Waals surface area (Å²) >= 11 is 0. The molecule has 0 aliphatic rings. The monoisotopic (exact) mass is 287 g/mol. The molecule has 0 radical (unpaired) electrons. The van der Waals surface area contributed by atoms with E-state index in [0.29, 0.717) is 13.2 Å². The fraction of sp³-hybridized carbons (Fsp3) is 0.583. The van der Waals surface area contributed by atoms with Gasteiger partial charge in [0.25, 0.3) is 0 Å².